The Morgan fingerprint density at radius 3 is 2.80 bits per heavy atom. The number of carbonyl (C=O) groups is 1. The second kappa shape index (κ2) is 10.3. The summed E-state index contributed by atoms with van der Waals surface area (Å²) in [6, 6.07) is 4.21. The number of nitro groups is 1. The van der Waals surface area contributed by atoms with Gasteiger partial charge >= 0.3 is 0 Å². The van der Waals surface area contributed by atoms with Crippen LogP contribution < -0.4 is 10.6 Å². The van der Waals surface area contributed by atoms with Crippen LogP contribution in [0.3, 0.4) is 0 Å². The van der Waals surface area contributed by atoms with Crippen molar-refractivity contribution >= 4 is 24.0 Å². The lowest BCUT2D eigenvalue weighted by atomic mass is 10.1. The number of methoxy groups -OCH3 is 1. The summed E-state index contributed by atoms with van der Waals surface area (Å²) < 4.78 is 6.17. The van der Waals surface area contributed by atoms with Crippen LogP contribution in [-0.2, 0) is 4.74 Å². The molecule has 1 amide bonds. The molecule has 0 aliphatic rings. The van der Waals surface area contributed by atoms with Crippen LogP contribution in [-0.4, -0.2) is 58.9 Å². The average molecular weight is 371 g/mol. The molecule has 1 aromatic heterocycles. The van der Waals surface area contributed by atoms with E-state index < -0.39 is 4.92 Å². The fraction of sp³-hybridized carbons (Fsp3) is 0.357. The molecule has 0 spiro atoms. The van der Waals surface area contributed by atoms with Gasteiger partial charge in [0.1, 0.15) is 18.3 Å². The highest BCUT2D eigenvalue weighted by Crippen LogP contribution is 2.23. The van der Waals surface area contributed by atoms with Crippen molar-refractivity contribution in [2.75, 3.05) is 33.4 Å². The van der Waals surface area contributed by atoms with Crippen molar-refractivity contribution in [2.24, 2.45) is 0 Å². The van der Waals surface area contributed by atoms with Crippen molar-refractivity contribution in [2.45, 2.75) is 0 Å². The Morgan fingerprint density at radius 2 is 2.16 bits per heavy atom. The lowest BCUT2D eigenvalue weighted by molar-refractivity contribution is -0.384. The summed E-state index contributed by atoms with van der Waals surface area (Å²) >= 11 is 0. The number of benzene rings is 1. The maximum atomic E-state index is 12.1. The number of nitrogens with zero attached hydrogens (tertiary/aromatic N) is 4. The van der Waals surface area contributed by atoms with Crippen molar-refractivity contribution < 1.29 is 14.5 Å². The summed E-state index contributed by atoms with van der Waals surface area (Å²) in [7, 11) is 1.61. The molecule has 0 bridgehead atoms. The van der Waals surface area contributed by atoms with E-state index in [-0.39, 0.29) is 35.3 Å². The van der Waals surface area contributed by atoms with Crippen LogP contribution in [0.25, 0.3) is 5.69 Å². The minimum atomic E-state index is -0.555. The fourth-order valence-electron chi connectivity index (χ4n) is 2.00. The van der Waals surface area contributed by atoms with E-state index in [2.05, 4.69) is 20.7 Å². The normalized spacial score (nSPS) is 10.1. The van der Waals surface area contributed by atoms with E-state index in [1.807, 2.05) is 0 Å². The van der Waals surface area contributed by atoms with Crippen molar-refractivity contribution in [1.29, 1.82) is 0 Å². The van der Waals surface area contributed by atoms with Gasteiger partial charge < -0.3 is 15.4 Å². The van der Waals surface area contributed by atoms with Gasteiger partial charge in [-0.25, -0.2) is 9.67 Å². The van der Waals surface area contributed by atoms with Gasteiger partial charge in [0.05, 0.1) is 11.5 Å². The summed E-state index contributed by atoms with van der Waals surface area (Å²) in [4.78, 5) is 26.5. The van der Waals surface area contributed by atoms with E-state index in [1.54, 1.807) is 7.11 Å². The number of rotatable bonds is 9. The van der Waals surface area contributed by atoms with Crippen LogP contribution in [0, 0.1) is 10.1 Å². The Kier molecular flexibility index (Phi) is 8.47. The van der Waals surface area contributed by atoms with Gasteiger partial charge in [0, 0.05) is 38.4 Å². The standard InChI is InChI=1S/C14H18N6O4.ClH/c1-24-7-6-15-4-5-17-14(21)11-2-3-12(13(8-11)20(22)23)19-10-16-9-18-19;/h2-3,8-10,15H,4-7H2,1H3,(H,17,21);1H. The molecule has 0 fully saturated rings. The number of amides is 1. The van der Waals surface area contributed by atoms with Crippen LogP contribution in [0.5, 0.6) is 0 Å². The van der Waals surface area contributed by atoms with Gasteiger partial charge in [0.2, 0.25) is 0 Å². The number of aromatic nitrogens is 3. The van der Waals surface area contributed by atoms with Crippen LogP contribution in [0.1, 0.15) is 10.4 Å². The average Bonchev–Trinajstić information content (AvgIpc) is 3.11. The van der Waals surface area contributed by atoms with Crippen molar-refractivity contribution in [3.8, 4) is 5.69 Å². The molecule has 136 valence electrons. The number of carbonyl (C=O) groups excluding carboxylic acids is 1. The molecule has 25 heavy (non-hydrogen) atoms. The smallest absolute Gasteiger partial charge is 0.295 e. The Balaban J connectivity index is 0.00000312. The predicted molar refractivity (Wildman–Crippen MR) is 92.3 cm³/mol. The molecule has 0 radical (unpaired) electrons. The fourth-order valence-corrected chi connectivity index (χ4v) is 2.00. The highest BCUT2D eigenvalue weighted by Gasteiger charge is 2.19. The van der Waals surface area contributed by atoms with Gasteiger partial charge in [-0.1, -0.05) is 0 Å². The maximum Gasteiger partial charge on any atom is 0.295 e. The summed E-state index contributed by atoms with van der Waals surface area (Å²) in [5, 5.41) is 20.9. The minimum absolute atomic E-state index is 0. The first-order valence-electron chi connectivity index (χ1n) is 7.24. The summed E-state index contributed by atoms with van der Waals surface area (Å²) in [5.74, 6) is -0.378. The van der Waals surface area contributed by atoms with E-state index in [1.165, 1.54) is 35.5 Å². The molecule has 2 aromatic rings. The molecule has 0 aliphatic carbocycles. The van der Waals surface area contributed by atoms with Crippen LogP contribution in [0.4, 0.5) is 5.69 Å². The topological polar surface area (TPSA) is 124 Å². The Morgan fingerprint density at radius 1 is 1.36 bits per heavy atom. The third kappa shape index (κ3) is 5.78. The first-order chi connectivity index (χ1) is 11.6. The second-order valence-electron chi connectivity index (χ2n) is 4.80. The molecule has 10 nitrogen and oxygen atoms in total. The highest BCUT2D eigenvalue weighted by atomic mass is 35.5. The second-order valence-corrected chi connectivity index (χ2v) is 4.80. The molecular weight excluding hydrogens is 352 g/mol. The molecule has 0 atom stereocenters. The Bertz CT molecular complexity index is 695. The third-order valence-corrected chi connectivity index (χ3v) is 3.17. The molecule has 1 heterocycles. The van der Waals surface area contributed by atoms with E-state index in [0.717, 1.165) is 0 Å². The molecule has 0 saturated carbocycles. The first-order valence-corrected chi connectivity index (χ1v) is 7.24. The Labute approximate surface area is 150 Å². The van der Waals surface area contributed by atoms with Gasteiger partial charge in [-0.05, 0) is 12.1 Å². The maximum absolute atomic E-state index is 12.1. The molecular formula is C14H19ClN6O4. The quantitative estimate of drug-likeness (QED) is 0.375. The number of hydrogen-bond donors (Lipinski definition) is 2. The summed E-state index contributed by atoms with van der Waals surface area (Å²) in [6.07, 6.45) is 2.63. The number of nitro benzene ring substituents is 1. The van der Waals surface area contributed by atoms with Crippen LogP contribution in [0.15, 0.2) is 30.9 Å². The first kappa shape index (κ1) is 20.5. The lowest BCUT2D eigenvalue weighted by Crippen LogP contribution is -2.33. The van der Waals surface area contributed by atoms with Gasteiger partial charge in [0.15, 0.2) is 0 Å². The summed E-state index contributed by atoms with van der Waals surface area (Å²) in [5.41, 5.74) is 0.240. The van der Waals surface area contributed by atoms with E-state index in [4.69, 9.17) is 4.74 Å². The Hall–Kier alpha value is -2.56. The van der Waals surface area contributed by atoms with Gasteiger partial charge in [-0.3, -0.25) is 14.9 Å². The number of ether oxygens (including phenoxy) is 1. The SMILES string of the molecule is COCCNCCNC(=O)c1ccc(-n2cncn2)c([N+](=O)[O-])c1.Cl. The number of nitrogens with one attached hydrogen (secondary N) is 2. The molecule has 2 N–H and O–H groups in total. The zero-order valence-electron chi connectivity index (χ0n) is 13.5. The molecule has 0 unspecified atom stereocenters. The number of halogens is 1. The summed E-state index contributed by atoms with van der Waals surface area (Å²) in [6.45, 7) is 2.25. The minimum Gasteiger partial charge on any atom is -0.383 e. The van der Waals surface area contributed by atoms with E-state index in [0.29, 0.717) is 26.2 Å². The molecule has 11 heteroatoms. The van der Waals surface area contributed by atoms with Crippen LogP contribution in [0.2, 0.25) is 0 Å². The largest absolute Gasteiger partial charge is 0.383 e. The van der Waals surface area contributed by atoms with E-state index in [9.17, 15) is 14.9 Å². The van der Waals surface area contributed by atoms with Crippen molar-refractivity contribution in [3.63, 3.8) is 0 Å². The number of hydrogen-bond acceptors (Lipinski definition) is 7. The van der Waals surface area contributed by atoms with Crippen LogP contribution >= 0.6 is 12.4 Å². The molecule has 1 aromatic carbocycles. The monoisotopic (exact) mass is 370 g/mol. The predicted octanol–water partition coefficient (Wildman–Crippen LogP) is 0.563. The van der Waals surface area contributed by atoms with Gasteiger partial charge in [-0.2, -0.15) is 5.10 Å². The lowest BCUT2D eigenvalue weighted by Gasteiger charge is -2.08. The van der Waals surface area contributed by atoms with E-state index >= 15 is 0 Å². The van der Waals surface area contributed by atoms with Crippen molar-refractivity contribution in [1.82, 2.24) is 25.4 Å². The zero-order chi connectivity index (χ0) is 17.4. The zero-order valence-corrected chi connectivity index (χ0v) is 14.4. The van der Waals surface area contributed by atoms with Gasteiger partial charge in [-0.15, -0.1) is 12.4 Å². The molecule has 0 saturated heterocycles. The molecule has 0 aliphatic heterocycles. The van der Waals surface area contributed by atoms with Gasteiger partial charge in [0.25, 0.3) is 11.6 Å². The third-order valence-electron chi connectivity index (χ3n) is 3.17. The van der Waals surface area contributed by atoms with Crippen molar-refractivity contribution in [3.05, 3.63) is 46.5 Å². The molecule has 2 rings (SSSR count). The highest BCUT2D eigenvalue weighted by molar-refractivity contribution is 5.95.